The lowest BCUT2D eigenvalue weighted by Gasteiger charge is -2.32. The molecule has 3 atom stereocenters. The molecule has 0 radical (unpaired) electrons. The maximum absolute atomic E-state index is 11.6. The Morgan fingerprint density at radius 2 is 1.91 bits per heavy atom. The number of aryl methyl sites for hydroxylation is 1. The maximum Gasteiger partial charge on any atom is 0.306 e. The number of hydrogen-bond donors (Lipinski definition) is 3. The number of carbonyl (C=O) groups is 1. The highest BCUT2D eigenvalue weighted by atomic mass is 35.5. The maximum atomic E-state index is 11.6. The number of phenols is 1. The van der Waals surface area contributed by atoms with Crippen LogP contribution in [0.1, 0.15) is 87.2 Å². The predicted octanol–water partition coefficient (Wildman–Crippen LogP) is 6.30. The minimum Gasteiger partial charge on any atom is -0.508 e. The molecule has 6 heteroatoms. The molecule has 0 spiro atoms. The first-order valence-corrected chi connectivity index (χ1v) is 13.2. The van der Waals surface area contributed by atoms with E-state index < -0.39 is 18.0 Å². The monoisotopic (exact) mass is 499 g/mol. The second-order valence-corrected chi connectivity index (χ2v) is 11.5. The van der Waals surface area contributed by atoms with E-state index in [1.165, 1.54) is 6.42 Å². The summed E-state index contributed by atoms with van der Waals surface area (Å²) in [4.78, 5) is 14.1. The highest BCUT2D eigenvalue weighted by Crippen LogP contribution is 2.47. The van der Waals surface area contributed by atoms with Crippen LogP contribution in [-0.4, -0.2) is 38.3 Å². The average Bonchev–Trinajstić information content (AvgIpc) is 3.57. The Balaban J connectivity index is 1.46. The molecule has 0 amide bonds. The molecular weight excluding hydrogens is 462 g/mol. The average molecular weight is 500 g/mol. The van der Waals surface area contributed by atoms with Gasteiger partial charge in [0.2, 0.25) is 0 Å². The van der Waals surface area contributed by atoms with E-state index in [4.69, 9.17) is 11.6 Å². The van der Waals surface area contributed by atoms with E-state index in [2.05, 4.69) is 18.7 Å². The Morgan fingerprint density at radius 3 is 2.51 bits per heavy atom. The van der Waals surface area contributed by atoms with Gasteiger partial charge in [-0.25, -0.2) is 0 Å². The first-order chi connectivity index (χ1) is 16.6. The molecule has 35 heavy (non-hydrogen) atoms. The van der Waals surface area contributed by atoms with Crippen molar-refractivity contribution in [3.8, 4) is 5.75 Å². The van der Waals surface area contributed by atoms with Gasteiger partial charge in [0.25, 0.3) is 0 Å². The zero-order valence-corrected chi connectivity index (χ0v) is 21.8. The number of benzene rings is 2. The number of nitrogens with zero attached hydrogens (tertiary/aromatic N) is 1. The third-order valence-electron chi connectivity index (χ3n) is 8.14. The summed E-state index contributed by atoms with van der Waals surface area (Å²) in [6.45, 7) is 8.07. The molecule has 1 saturated heterocycles. The van der Waals surface area contributed by atoms with Crippen LogP contribution in [0.3, 0.4) is 0 Å². The van der Waals surface area contributed by atoms with Gasteiger partial charge in [-0.15, -0.1) is 0 Å². The molecule has 1 aliphatic carbocycles. The Hall–Kier alpha value is -2.08. The van der Waals surface area contributed by atoms with Crippen LogP contribution < -0.4 is 0 Å². The van der Waals surface area contributed by atoms with Crippen molar-refractivity contribution >= 4 is 17.6 Å². The fourth-order valence-corrected chi connectivity index (χ4v) is 5.92. The number of aromatic hydroxyl groups is 1. The number of hydrogen-bond acceptors (Lipinski definition) is 4. The van der Waals surface area contributed by atoms with Gasteiger partial charge in [0.05, 0.1) is 12.0 Å². The summed E-state index contributed by atoms with van der Waals surface area (Å²) in [6, 6.07) is 11.3. The number of aliphatic hydroxyl groups excluding tert-OH is 1. The Morgan fingerprint density at radius 1 is 1.17 bits per heavy atom. The Bertz CT molecular complexity index is 1060. The van der Waals surface area contributed by atoms with Crippen molar-refractivity contribution < 1.29 is 20.1 Å². The fraction of sp³-hybridized carbons (Fsp3) is 0.552. The van der Waals surface area contributed by atoms with E-state index in [9.17, 15) is 20.1 Å². The van der Waals surface area contributed by atoms with E-state index in [0.717, 1.165) is 54.6 Å². The first kappa shape index (κ1) is 26.0. The van der Waals surface area contributed by atoms with Crippen molar-refractivity contribution in [1.29, 1.82) is 0 Å². The van der Waals surface area contributed by atoms with Crippen LogP contribution in [0, 0.1) is 11.8 Å². The molecule has 0 aromatic heterocycles. The summed E-state index contributed by atoms with van der Waals surface area (Å²) < 4.78 is 0. The summed E-state index contributed by atoms with van der Waals surface area (Å²) in [5, 5.41) is 32.0. The summed E-state index contributed by atoms with van der Waals surface area (Å²) in [7, 11) is 0. The second kappa shape index (κ2) is 10.5. The number of carboxylic acid groups (broad SMARTS) is 1. The number of likely N-dealkylation sites (tertiary alicyclic amines) is 1. The van der Waals surface area contributed by atoms with Crippen molar-refractivity contribution in [2.75, 3.05) is 6.54 Å². The minimum absolute atomic E-state index is 0.0792. The molecule has 1 unspecified atom stereocenters. The zero-order valence-electron chi connectivity index (χ0n) is 21.0. The molecule has 2 aromatic carbocycles. The lowest BCUT2D eigenvalue weighted by Crippen LogP contribution is -2.37. The zero-order chi connectivity index (χ0) is 25.3. The summed E-state index contributed by atoms with van der Waals surface area (Å²) in [6.07, 6.45) is 4.74. The van der Waals surface area contributed by atoms with Crippen molar-refractivity contribution in [2.24, 2.45) is 11.8 Å². The van der Waals surface area contributed by atoms with Crippen molar-refractivity contribution in [3.05, 3.63) is 63.7 Å². The van der Waals surface area contributed by atoms with Gasteiger partial charge >= 0.3 is 5.97 Å². The fourth-order valence-electron chi connectivity index (χ4n) is 5.72. The molecule has 4 rings (SSSR count). The highest BCUT2D eigenvalue weighted by molar-refractivity contribution is 6.30. The molecule has 2 aliphatic rings. The molecule has 190 valence electrons. The number of rotatable bonds is 10. The van der Waals surface area contributed by atoms with E-state index in [1.54, 1.807) is 13.0 Å². The number of carboxylic acids is 1. The van der Waals surface area contributed by atoms with Gasteiger partial charge in [-0.1, -0.05) is 36.7 Å². The smallest absolute Gasteiger partial charge is 0.306 e. The van der Waals surface area contributed by atoms with Gasteiger partial charge in [-0.3, -0.25) is 9.69 Å². The molecule has 2 fully saturated rings. The predicted molar refractivity (Wildman–Crippen MR) is 139 cm³/mol. The van der Waals surface area contributed by atoms with Crippen LogP contribution >= 0.6 is 11.6 Å². The number of aliphatic hydroxyl groups is 1. The second-order valence-electron chi connectivity index (χ2n) is 11.1. The minimum atomic E-state index is -0.801. The van der Waals surface area contributed by atoms with Crippen LogP contribution in [0.15, 0.2) is 36.4 Å². The molecule has 2 aromatic rings. The third kappa shape index (κ3) is 6.02. The summed E-state index contributed by atoms with van der Waals surface area (Å²) in [5.41, 5.74) is 3.72. The van der Waals surface area contributed by atoms with E-state index >= 15 is 0 Å². The quantitative estimate of drug-likeness (QED) is 0.357. The van der Waals surface area contributed by atoms with Crippen molar-refractivity contribution in [2.45, 2.75) is 83.4 Å². The number of aliphatic carboxylic acids is 1. The van der Waals surface area contributed by atoms with E-state index in [0.29, 0.717) is 23.8 Å². The number of halogens is 1. The lowest BCUT2D eigenvalue weighted by molar-refractivity contribution is -0.142. The van der Waals surface area contributed by atoms with Gasteiger partial charge in [0.15, 0.2) is 0 Å². The largest absolute Gasteiger partial charge is 0.508 e. The van der Waals surface area contributed by atoms with Gasteiger partial charge in [0.1, 0.15) is 5.75 Å². The van der Waals surface area contributed by atoms with Gasteiger partial charge in [-0.05, 0) is 111 Å². The Labute approximate surface area is 213 Å². The van der Waals surface area contributed by atoms with Gasteiger partial charge < -0.3 is 15.3 Å². The summed E-state index contributed by atoms with van der Waals surface area (Å²) in [5.74, 6) is -0.821. The topological polar surface area (TPSA) is 81.0 Å². The molecular formula is C29H38ClNO4. The lowest BCUT2D eigenvalue weighted by atomic mass is 9.82. The van der Waals surface area contributed by atoms with Crippen molar-refractivity contribution in [3.63, 3.8) is 0 Å². The van der Waals surface area contributed by atoms with Gasteiger partial charge in [-0.2, -0.15) is 0 Å². The van der Waals surface area contributed by atoms with Gasteiger partial charge in [0, 0.05) is 17.1 Å². The van der Waals surface area contributed by atoms with Crippen LogP contribution in [-0.2, 0) is 17.8 Å². The SMILES string of the molecule is C[C@H](C(=O)O)[C@H](c1ccc(CCC(O)c2ccc(Cl)cc2CN2CCCC2(C)C)c(O)c1)C1CC1. The van der Waals surface area contributed by atoms with Crippen LogP contribution in [0.25, 0.3) is 0 Å². The third-order valence-corrected chi connectivity index (χ3v) is 8.37. The molecule has 3 N–H and O–H groups in total. The molecule has 0 bridgehead atoms. The first-order valence-electron chi connectivity index (χ1n) is 12.8. The number of phenolic OH excluding ortho intramolecular Hbond substituents is 1. The molecule has 5 nitrogen and oxygen atoms in total. The molecule has 1 saturated carbocycles. The Kier molecular flexibility index (Phi) is 7.80. The molecule has 1 heterocycles. The van der Waals surface area contributed by atoms with E-state index in [1.807, 2.05) is 30.3 Å². The van der Waals surface area contributed by atoms with E-state index in [-0.39, 0.29) is 17.2 Å². The van der Waals surface area contributed by atoms with Crippen LogP contribution in [0.2, 0.25) is 5.02 Å². The van der Waals surface area contributed by atoms with Crippen molar-refractivity contribution in [1.82, 2.24) is 4.90 Å². The highest BCUT2D eigenvalue weighted by Gasteiger charge is 2.39. The summed E-state index contributed by atoms with van der Waals surface area (Å²) >= 11 is 6.31. The normalized spacial score (nSPS) is 20.5. The standard InChI is InChI=1S/C29H38ClNO4/c1-18(28(34)35)27(20-6-7-20)21-8-5-19(26(33)16-21)9-12-25(32)24-11-10-23(30)15-22(24)17-31-14-4-13-29(31,2)3/h5,8,10-11,15-16,18,20,25,27,32-33H,4,6-7,9,12-14,17H2,1-3H3,(H,34,35)/t18-,25?,27-/m0/s1. The van der Waals surface area contributed by atoms with Crippen LogP contribution in [0.5, 0.6) is 5.75 Å². The van der Waals surface area contributed by atoms with Crippen LogP contribution in [0.4, 0.5) is 0 Å². The molecule has 1 aliphatic heterocycles.